The molecule has 10 nitrogen and oxygen atoms in total. The molecule has 1 aliphatic heterocycles. The van der Waals surface area contributed by atoms with Crippen LogP contribution in [0.2, 0.25) is 0 Å². The van der Waals surface area contributed by atoms with Crippen LogP contribution in [0, 0.1) is 0 Å². The van der Waals surface area contributed by atoms with Gasteiger partial charge >= 0.3 is 6.09 Å². The summed E-state index contributed by atoms with van der Waals surface area (Å²) in [6, 6.07) is 17.6. The molecular weight excluding hydrogens is 508 g/mol. The zero-order valence-electron chi connectivity index (χ0n) is 22.4. The van der Waals surface area contributed by atoms with Crippen LogP contribution in [0.5, 0.6) is 11.5 Å². The number of anilines is 1. The molecule has 1 saturated heterocycles. The first-order valence-electron chi connectivity index (χ1n) is 13.9. The van der Waals surface area contributed by atoms with Crippen LogP contribution in [0.4, 0.5) is 10.6 Å². The number of nitrogens with zero attached hydrogens (tertiary/aromatic N) is 4. The lowest BCUT2D eigenvalue weighted by Crippen LogP contribution is -2.46. The Morgan fingerprint density at radius 3 is 2.62 bits per heavy atom. The molecule has 1 aliphatic carbocycles. The Kier molecular flexibility index (Phi) is 7.78. The van der Waals surface area contributed by atoms with Crippen LogP contribution in [0.25, 0.3) is 22.2 Å². The predicted octanol–water partition coefficient (Wildman–Crippen LogP) is 4.97. The molecule has 2 fully saturated rings. The van der Waals surface area contributed by atoms with E-state index in [1.54, 1.807) is 0 Å². The third kappa shape index (κ3) is 5.73. The van der Waals surface area contributed by atoms with Crippen LogP contribution < -0.4 is 15.8 Å². The van der Waals surface area contributed by atoms with Crippen molar-refractivity contribution >= 4 is 22.9 Å². The number of carbonyl (C=O) groups is 1. The van der Waals surface area contributed by atoms with Gasteiger partial charge in [-0.15, -0.1) is 0 Å². The number of benzene rings is 2. The zero-order valence-corrected chi connectivity index (χ0v) is 22.4. The number of aromatic nitrogens is 3. The summed E-state index contributed by atoms with van der Waals surface area (Å²) in [6.07, 6.45) is 7.30. The van der Waals surface area contributed by atoms with Gasteiger partial charge in [-0.2, -0.15) is 0 Å². The molecule has 0 bridgehead atoms. The largest absolute Gasteiger partial charge is 0.457 e. The van der Waals surface area contributed by atoms with Gasteiger partial charge in [0.05, 0.1) is 18.6 Å². The molecule has 2 aromatic heterocycles. The van der Waals surface area contributed by atoms with Crippen molar-refractivity contribution in [2.45, 2.75) is 38.0 Å². The smallest absolute Gasteiger partial charge is 0.407 e. The molecule has 0 spiro atoms. The summed E-state index contributed by atoms with van der Waals surface area (Å²) < 4.78 is 19.5. The molecule has 1 atom stereocenters. The summed E-state index contributed by atoms with van der Waals surface area (Å²) >= 11 is 0. The molecule has 1 amide bonds. The Morgan fingerprint density at radius 1 is 1.05 bits per heavy atom. The molecule has 1 saturated carbocycles. The van der Waals surface area contributed by atoms with Gasteiger partial charge < -0.3 is 29.8 Å². The molecule has 6 rings (SSSR count). The van der Waals surface area contributed by atoms with Gasteiger partial charge in [-0.25, -0.2) is 14.8 Å². The maximum atomic E-state index is 12.3. The Balaban J connectivity index is 1.21. The first kappa shape index (κ1) is 26.1. The number of morpholine rings is 1. The predicted molar refractivity (Wildman–Crippen MR) is 152 cm³/mol. The quantitative estimate of drug-likeness (QED) is 0.321. The summed E-state index contributed by atoms with van der Waals surface area (Å²) in [5, 5.41) is 3.71. The first-order chi connectivity index (χ1) is 19.7. The number of alkyl carbamates (subject to hydrolysis) is 1. The van der Waals surface area contributed by atoms with Crippen molar-refractivity contribution in [3.8, 4) is 22.6 Å². The minimum absolute atomic E-state index is 0.0462. The van der Waals surface area contributed by atoms with Gasteiger partial charge in [0.1, 0.15) is 41.6 Å². The summed E-state index contributed by atoms with van der Waals surface area (Å²) in [4.78, 5) is 23.4. The van der Waals surface area contributed by atoms with Crippen molar-refractivity contribution in [1.82, 2.24) is 24.8 Å². The highest BCUT2D eigenvalue weighted by molar-refractivity contribution is 6.00. The number of hydrogen-bond acceptors (Lipinski definition) is 8. The SMILES string of the molecule is Nc1ncnc2c1c(-c1ccc(Oc3ccccc3)cc1)cn2C1COCCN1CCNC(=O)OC1CCCC1. The molecule has 0 radical (unpaired) electrons. The second-order valence-electron chi connectivity index (χ2n) is 10.2. The molecule has 208 valence electrons. The lowest BCUT2D eigenvalue weighted by Gasteiger charge is -2.36. The van der Waals surface area contributed by atoms with E-state index in [2.05, 4.69) is 30.9 Å². The third-order valence-electron chi connectivity index (χ3n) is 7.56. The second-order valence-corrected chi connectivity index (χ2v) is 10.2. The molecule has 3 N–H and O–H groups in total. The normalized spacial score (nSPS) is 18.1. The minimum atomic E-state index is -0.342. The van der Waals surface area contributed by atoms with Crippen LogP contribution in [0.15, 0.2) is 67.1 Å². The van der Waals surface area contributed by atoms with E-state index in [1.165, 1.54) is 6.33 Å². The number of ether oxygens (including phenoxy) is 3. The Morgan fingerprint density at radius 2 is 1.82 bits per heavy atom. The topological polar surface area (TPSA) is 117 Å². The van der Waals surface area contributed by atoms with Crippen molar-refractivity contribution in [3.63, 3.8) is 0 Å². The lowest BCUT2D eigenvalue weighted by molar-refractivity contribution is -0.0354. The van der Waals surface area contributed by atoms with Gasteiger partial charge in [-0.05, 0) is 55.5 Å². The average Bonchev–Trinajstić information content (AvgIpc) is 3.63. The Bertz CT molecular complexity index is 1440. The van der Waals surface area contributed by atoms with Crippen LogP contribution in [0.3, 0.4) is 0 Å². The van der Waals surface area contributed by atoms with E-state index in [0.717, 1.165) is 65.9 Å². The van der Waals surface area contributed by atoms with Crippen LogP contribution in [0.1, 0.15) is 31.8 Å². The molecule has 10 heteroatoms. The van der Waals surface area contributed by atoms with E-state index in [9.17, 15) is 4.79 Å². The number of rotatable bonds is 8. The fraction of sp³-hybridized carbons (Fsp3) is 0.367. The van der Waals surface area contributed by atoms with Crippen molar-refractivity contribution in [1.29, 1.82) is 0 Å². The van der Waals surface area contributed by atoms with Crippen LogP contribution in [-0.2, 0) is 9.47 Å². The second kappa shape index (κ2) is 11.9. The maximum Gasteiger partial charge on any atom is 0.407 e. The number of hydrogen-bond donors (Lipinski definition) is 2. The number of nitrogen functional groups attached to an aromatic ring is 1. The van der Waals surface area contributed by atoms with Crippen LogP contribution >= 0.6 is 0 Å². The zero-order chi connectivity index (χ0) is 27.3. The summed E-state index contributed by atoms with van der Waals surface area (Å²) in [5.74, 6) is 1.94. The molecule has 1 unspecified atom stereocenters. The van der Waals surface area contributed by atoms with Gasteiger partial charge in [0.15, 0.2) is 0 Å². The van der Waals surface area contributed by atoms with Crippen molar-refractivity contribution in [3.05, 3.63) is 67.1 Å². The molecule has 4 aromatic rings. The van der Waals surface area contributed by atoms with E-state index in [0.29, 0.717) is 32.1 Å². The molecule has 2 aliphatic rings. The highest BCUT2D eigenvalue weighted by Crippen LogP contribution is 2.36. The van der Waals surface area contributed by atoms with E-state index < -0.39 is 0 Å². The number of nitrogens with one attached hydrogen (secondary N) is 1. The molecular formula is C30H34N6O4. The van der Waals surface area contributed by atoms with E-state index in [4.69, 9.17) is 19.9 Å². The van der Waals surface area contributed by atoms with E-state index in [1.807, 2.05) is 54.6 Å². The number of amides is 1. The fourth-order valence-electron chi connectivity index (χ4n) is 5.52. The number of carbonyl (C=O) groups excluding carboxylic acids is 1. The maximum absolute atomic E-state index is 12.3. The number of fused-ring (bicyclic) bond motifs is 1. The third-order valence-corrected chi connectivity index (χ3v) is 7.56. The van der Waals surface area contributed by atoms with Crippen molar-refractivity contribution in [2.75, 3.05) is 38.6 Å². The number of para-hydroxylation sites is 1. The summed E-state index contributed by atoms with van der Waals surface area (Å²) in [5.41, 5.74) is 9.04. The number of nitrogens with two attached hydrogens (primary N) is 1. The lowest BCUT2D eigenvalue weighted by atomic mass is 10.1. The van der Waals surface area contributed by atoms with Gasteiger partial charge in [-0.3, -0.25) is 4.90 Å². The Hall–Kier alpha value is -4.15. The molecule has 2 aromatic carbocycles. The van der Waals surface area contributed by atoms with E-state index >= 15 is 0 Å². The summed E-state index contributed by atoms with van der Waals surface area (Å²) in [7, 11) is 0. The Labute approximate surface area is 233 Å². The molecule has 40 heavy (non-hydrogen) atoms. The molecule has 3 heterocycles. The van der Waals surface area contributed by atoms with Gasteiger partial charge in [-0.1, -0.05) is 30.3 Å². The van der Waals surface area contributed by atoms with Gasteiger partial charge in [0, 0.05) is 31.4 Å². The van der Waals surface area contributed by atoms with Crippen molar-refractivity contribution < 1.29 is 19.0 Å². The van der Waals surface area contributed by atoms with Gasteiger partial charge in [0.25, 0.3) is 0 Å². The monoisotopic (exact) mass is 542 g/mol. The highest BCUT2D eigenvalue weighted by atomic mass is 16.6. The highest BCUT2D eigenvalue weighted by Gasteiger charge is 2.28. The van der Waals surface area contributed by atoms with Crippen LogP contribution in [-0.4, -0.2) is 64.5 Å². The standard InChI is InChI=1S/C30H34N6O4/c31-28-27-25(21-10-12-24(13-11-21)39-22-6-2-1-3-7-22)18-36(29(27)34-20-33-28)26-19-38-17-16-35(26)15-14-32-30(37)40-23-8-4-5-9-23/h1-3,6-7,10-13,18,20,23,26H,4-5,8-9,14-17,19H2,(H,32,37)(H2,31,33,34). The average molecular weight is 543 g/mol. The summed E-state index contributed by atoms with van der Waals surface area (Å²) in [6.45, 7) is 2.96. The van der Waals surface area contributed by atoms with Gasteiger partial charge in [0.2, 0.25) is 0 Å². The van der Waals surface area contributed by atoms with E-state index in [-0.39, 0.29) is 18.4 Å². The van der Waals surface area contributed by atoms with Crippen molar-refractivity contribution in [2.24, 2.45) is 0 Å². The minimum Gasteiger partial charge on any atom is -0.457 e. The fourth-order valence-corrected chi connectivity index (χ4v) is 5.52. The first-order valence-corrected chi connectivity index (χ1v) is 13.9.